The Kier molecular flexibility index (Phi) is 4.28. The Hall–Kier alpha value is -1.38. The third-order valence-electron chi connectivity index (χ3n) is 2.10. The van der Waals surface area contributed by atoms with Gasteiger partial charge in [0.25, 0.3) is 0 Å². The summed E-state index contributed by atoms with van der Waals surface area (Å²) in [4.78, 5) is 3.84. The van der Waals surface area contributed by atoms with Gasteiger partial charge in [0, 0.05) is 17.7 Å². The van der Waals surface area contributed by atoms with E-state index >= 15 is 0 Å². The van der Waals surface area contributed by atoms with E-state index in [4.69, 9.17) is 4.74 Å². The molecule has 2 nitrogen and oxygen atoms in total. The van der Waals surface area contributed by atoms with Crippen molar-refractivity contribution in [2.24, 2.45) is 0 Å². The van der Waals surface area contributed by atoms with E-state index in [1.807, 2.05) is 13.0 Å². The van der Waals surface area contributed by atoms with Crippen molar-refractivity contribution in [2.75, 3.05) is 6.61 Å². The van der Waals surface area contributed by atoms with Crippen LogP contribution >= 0.6 is 0 Å². The normalized spacial score (nSPS) is 10.1. The smallest absolute Gasteiger partial charge is 0.215 e. The number of allylic oxidation sites excluding steroid dienone is 1. The number of hydrogen-bond donors (Lipinski definition) is 0. The van der Waals surface area contributed by atoms with Gasteiger partial charge in [-0.1, -0.05) is 12.6 Å². The van der Waals surface area contributed by atoms with Crippen molar-refractivity contribution < 1.29 is 9.13 Å². The summed E-state index contributed by atoms with van der Waals surface area (Å²) < 4.78 is 18.3. The van der Waals surface area contributed by atoms with Crippen LogP contribution in [0.4, 0.5) is 4.39 Å². The van der Waals surface area contributed by atoms with Gasteiger partial charge in [0.15, 0.2) is 0 Å². The van der Waals surface area contributed by atoms with Crippen LogP contribution in [0.1, 0.15) is 24.6 Å². The molecule has 0 saturated carbocycles. The Bertz CT molecular complexity index is 349. The molecule has 0 aliphatic heterocycles. The third kappa shape index (κ3) is 3.70. The van der Waals surface area contributed by atoms with Crippen LogP contribution in [-0.2, 0) is 11.2 Å². The first-order valence-corrected chi connectivity index (χ1v) is 5.06. The van der Waals surface area contributed by atoms with Crippen molar-refractivity contribution in [3.8, 4) is 0 Å². The zero-order valence-corrected chi connectivity index (χ0v) is 9.22. The molecule has 0 amide bonds. The fourth-order valence-corrected chi connectivity index (χ4v) is 1.22. The molecule has 1 aromatic heterocycles. The molecular formula is C12H16FNO. The molecule has 0 atom stereocenters. The molecule has 0 unspecified atom stereocenters. The van der Waals surface area contributed by atoms with Gasteiger partial charge in [-0.15, -0.1) is 0 Å². The highest BCUT2D eigenvalue weighted by Gasteiger charge is 2.02. The molecule has 0 saturated heterocycles. The fourth-order valence-electron chi connectivity index (χ4n) is 1.22. The fraction of sp³-hybridized carbons (Fsp3) is 0.417. The molecule has 0 aromatic carbocycles. The van der Waals surface area contributed by atoms with E-state index in [1.54, 1.807) is 13.0 Å². The number of aryl methyl sites for hydroxylation is 2. The van der Waals surface area contributed by atoms with Crippen LogP contribution in [0.15, 0.2) is 24.5 Å². The lowest BCUT2D eigenvalue weighted by Gasteiger charge is -2.06. The summed E-state index contributed by atoms with van der Waals surface area (Å²) in [6.45, 7) is 7.99. The summed E-state index contributed by atoms with van der Waals surface area (Å²) in [5, 5.41) is 0. The van der Waals surface area contributed by atoms with Gasteiger partial charge in [0.2, 0.25) is 5.95 Å². The monoisotopic (exact) mass is 209 g/mol. The van der Waals surface area contributed by atoms with Crippen molar-refractivity contribution >= 4 is 0 Å². The molecule has 0 N–H and O–H groups in total. The molecule has 0 aliphatic carbocycles. The van der Waals surface area contributed by atoms with Crippen LogP contribution in [0.2, 0.25) is 0 Å². The minimum atomic E-state index is -0.394. The summed E-state index contributed by atoms with van der Waals surface area (Å²) in [7, 11) is 0. The minimum absolute atomic E-state index is 0.394. The second-order valence-corrected chi connectivity index (χ2v) is 3.38. The lowest BCUT2D eigenvalue weighted by molar-refractivity contribution is 0.220. The summed E-state index contributed by atoms with van der Waals surface area (Å²) in [6.07, 6.45) is 1.35. The molecular weight excluding hydrogens is 193 g/mol. The summed E-state index contributed by atoms with van der Waals surface area (Å²) in [5.41, 5.74) is 1.31. The summed E-state index contributed by atoms with van der Waals surface area (Å²) >= 11 is 0. The van der Waals surface area contributed by atoms with E-state index in [0.29, 0.717) is 25.0 Å². The molecule has 0 bridgehead atoms. The number of pyridine rings is 1. The maximum atomic E-state index is 13.1. The number of nitrogens with zero attached hydrogens (tertiary/aromatic N) is 1. The van der Waals surface area contributed by atoms with Gasteiger partial charge in [-0.2, -0.15) is 4.39 Å². The maximum absolute atomic E-state index is 13.1. The van der Waals surface area contributed by atoms with Gasteiger partial charge in [-0.3, -0.25) is 0 Å². The van der Waals surface area contributed by atoms with E-state index < -0.39 is 5.95 Å². The van der Waals surface area contributed by atoms with Gasteiger partial charge < -0.3 is 4.74 Å². The maximum Gasteiger partial charge on any atom is 0.215 e. The molecule has 15 heavy (non-hydrogen) atoms. The first kappa shape index (κ1) is 11.7. The van der Waals surface area contributed by atoms with Crippen molar-refractivity contribution in [1.29, 1.82) is 0 Å². The van der Waals surface area contributed by atoms with Crippen LogP contribution in [-0.4, -0.2) is 11.6 Å². The number of halogens is 1. The van der Waals surface area contributed by atoms with Gasteiger partial charge in [-0.05, 0) is 26.3 Å². The van der Waals surface area contributed by atoms with Crippen LogP contribution in [0, 0.1) is 12.9 Å². The highest BCUT2D eigenvalue weighted by atomic mass is 19.1. The Balaban J connectivity index is 2.51. The Morgan fingerprint density at radius 2 is 2.27 bits per heavy atom. The average molecular weight is 209 g/mol. The van der Waals surface area contributed by atoms with Gasteiger partial charge in [0.1, 0.15) is 0 Å². The van der Waals surface area contributed by atoms with Crippen LogP contribution < -0.4 is 0 Å². The lowest BCUT2D eigenvalue weighted by atomic mass is 10.2. The summed E-state index contributed by atoms with van der Waals surface area (Å²) in [5.74, 6) is 0.329. The number of rotatable bonds is 5. The Morgan fingerprint density at radius 1 is 1.53 bits per heavy atom. The first-order valence-electron chi connectivity index (χ1n) is 5.06. The second-order valence-electron chi connectivity index (χ2n) is 3.38. The molecule has 1 rings (SSSR count). The van der Waals surface area contributed by atoms with E-state index in [9.17, 15) is 4.39 Å². The third-order valence-corrected chi connectivity index (χ3v) is 2.10. The zero-order valence-electron chi connectivity index (χ0n) is 9.22. The van der Waals surface area contributed by atoms with E-state index in [2.05, 4.69) is 11.6 Å². The Labute approximate surface area is 89.8 Å². The molecule has 0 spiro atoms. The molecule has 82 valence electrons. The predicted octanol–water partition coefficient (Wildman–Crippen LogP) is 3.01. The van der Waals surface area contributed by atoms with Crippen molar-refractivity contribution in [1.82, 2.24) is 4.98 Å². The average Bonchev–Trinajstić information content (AvgIpc) is 2.20. The minimum Gasteiger partial charge on any atom is -0.499 e. The van der Waals surface area contributed by atoms with E-state index in [-0.39, 0.29) is 0 Å². The van der Waals surface area contributed by atoms with E-state index in [1.165, 1.54) is 0 Å². The van der Waals surface area contributed by atoms with Crippen molar-refractivity contribution in [3.05, 3.63) is 41.7 Å². The van der Waals surface area contributed by atoms with Crippen LogP contribution in [0.25, 0.3) is 0 Å². The van der Waals surface area contributed by atoms with Gasteiger partial charge in [-0.25, -0.2) is 4.98 Å². The standard InChI is InChI=1S/C12H16FNO/c1-4-15-10(3)6-8-11-7-5-9(2)12(13)14-11/h5,7H,3-4,6,8H2,1-2H3. The van der Waals surface area contributed by atoms with Crippen molar-refractivity contribution in [3.63, 3.8) is 0 Å². The molecule has 0 aliphatic rings. The lowest BCUT2D eigenvalue weighted by Crippen LogP contribution is -1.98. The van der Waals surface area contributed by atoms with Crippen molar-refractivity contribution in [2.45, 2.75) is 26.7 Å². The molecule has 0 fully saturated rings. The van der Waals surface area contributed by atoms with Gasteiger partial charge in [0.05, 0.1) is 12.4 Å². The highest BCUT2D eigenvalue weighted by Crippen LogP contribution is 2.09. The predicted molar refractivity (Wildman–Crippen MR) is 58.0 cm³/mol. The molecule has 1 aromatic rings. The summed E-state index contributed by atoms with van der Waals surface area (Å²) in [6, 6.07) is 3.57. The van der Waals surface area contributed by atoms with Gasteiger partial charge >= 0.3 is 0 Å². The Morgan fingerprint density at radius 3 is 2.87 bits per heavy atom. The second kappa shape index (κ2) is 5.49. The zero-order chi connectivity index (χ0) is 11.3. The van der Waals surface area contributed by atoms with Crippen LogP contribution in [0.5, 0.6) is 0 Å². The quantitative estimate of drug-likeness (QED) is 0.549. The number of ether oxygens (including phenoxy) is 1. The highest BCUT2D eigenvalue weighted by molar-refractivity contribution is 5.14. The largest absolute Gasteiger partial charge is 0.499 e. The topological polar surface area (TPSA) is 22.1 Å². The van der Waals surface area contributed by atoms with E-state index in [0.717, 1.165) is 11.5 Å². The molecule has 0 radical (unpaired) electrons. The number of hydrogen-bond acceptors (Lipinski definition) is 2. The molecule has 3 heteroatoms. The molecule has 1 heterocycles. The SMILES string of the molecule is C=C(CCc1ccc(C)c(F)n1)OCC. The number of aromatic nitrogens is 1. The first-order chi connectivity index (χ1) is 7.13. The van der Waals surface area contributed by atoms with Crippen LogP contribution in [0.3, 0.4) is 0 Å².